The van der Waals surface area contributed by atoms with Gasteiger partial charge in [0.2, 0.25) is 0 Å². The van der Waals surface area contributed by atoms with Crippen LogP contribution in [0.25, 0.3) is 0 Å². The molecule has 4 heteroatoms. The molecular formula is C16H28O4. The zero-order valence-corrected chi connectivity index (χ0v) is 12.6. The van der Waals surface area contributed by atoms with Crippen molar-refractivity contribution in [2.45, 2.75) is 70.1 Å². The fourth-order valence-electron chi connectivity index (χ4n) is 3.42. The van der Waals surface area contributed by atoms with Crippen molar-refractivity contribution in [3.05, 3.63) is 12.2 Å². The number of fused-ring (bicyclic) bond motifs is 1. The van der Waals surface area contributed by atoms with Crippen molar-refractivity contribution in [3.8, 4) is 0 Å². The topological polar surface area (TPSA) is 58.9 Å². The molecule has 2 fully saturated rings. The zero-order chi connectivity index (χ0) is 14.5. The summed E-state index contributed by atoms with van der Waals surface area (Å²) in [5.74, 6) is 0.398. The molecular weight excluding hydrogens is 256 g/mol. The Morgan fingerprint density at radius 3 is 2.85 bits per heavy atom. The highest BCUT2D eigenvalue weighted by molar-refractivity contribution is 5.06. The number of hydrogen-bond acceptors (Lipinski definition) is 4. The normalized spacial score (nSPS) is 38.5. The van der Waals surface area contributed by atoms with E-state index in [1.807, 2.05) is 12.2 Å². The van der Waals surface area contributed by atoms with Crippen LogP contribution in [0.3, 0.4) is 0 Å². The lowest BCUT2D eigenvalue weighted by atomic mass is 9.91. The minimum absolute atomic E-state index is 0.0842. The minimum Gasteiger partial charge on any atom is -0.392 e. The number of methoxy groups -OCH3 is 1. The lowest BCUT2D eigenvalue weighted by Gasteiger charge is -2.17. The zero-order valence-electron chi connectivity index (χ0n) is 12.6. The number of ether oxygens (including phenoxy) is 2. The van der Waals surface area contributed by atoms with Crippen molar-refractivity contribution in [1.29, 1.82) is 0 Å². The Morgan fingerprint density at radius 1 is 1.35 bits per heavy atom. The SMILES string of the molecule is CCCCC[C@H](O)/C=C/[C@@H]1[C@H]2CC(OC)O[C@H]2C[C@H]1O. The van der Waals surface area contributed by atoms with Crippen LogP contribution in [-0.4, -0.2) is 41.9 Å². The Balaban J connectivity index is 1.84. The predicted octanol–water partition coefficient (Wildman–Crippen LogP) is 2.24. The predicted molar refractivity (Wildman–Crippen MR) is 77.2 cm³/mol. The van der Waals surface area contributed by atoms with E-state index in [4.69, 9.17) is 9.47 Å². The highest BCUT2D eigenvalue weighted by atomic mass is 16.7. The van der Waals surface area contributed by atoms with Crippen LogP contribution >= 0.6 is 0 Å². The van der Waals surface area contributed by atoms with E-state index in [-0.39, 0.29) is 24.4 Å². The highest BCUT2D eigenvalue weighted by Gasteiger charge is 2.48. The molecule has 0 spiro atoms. The highest BCUT2D eigenvalue weighted by Crippen LogP contribution is 2.44. The summed E-state index contributed by atoms with van der Waals surface area (Å²) in [5.41, 5.74) is 0. The van der Waals surface area contributed by atoms with Gasteiger partial charge in [0.05, 0.1) is 18.3 Å². The van der Waals surface area contributed by atoms with Crippen LogP contribution in [0, 0.1) is 11.8 Å². The van der Waals surface area contributed by atoms with Gasteiger partial charge in [0, 0.05) is 25.9 Å². The van der Waals surface area contributed by atoms with E-state index < -0.39 is 6.10 Å². The second-order valence-corrected chi connectivity index (χ2v) is 6.07. The Morgan fingerprint density at radius 2 is 2.15 bits per heavy atom. The Kier molecular flexibility index (Phi) is 6.02. The van der Waals surface area contributed by atoms with Crippen molar-refractivity contribution in [1.82, 2.24) is 0 Å². The molecule has 2 aliphatic rings. The van der Waals surface area contributed by atoms with Crippen LogP contribution in [0.15, 0.2) is 12.2 Å². The third-order valence-corrected chi connectivity index (χ3v) is 4.60. The molecule has 116 valence electrons. The summed E-state index contributed by atoms with van der Waals surface area (Å²) in [4.78, 5) is 0. The molecule has 0 aromatic rings. The van der Waals surface area contributed by atoms with E-state index >= 15 is 0 Å². The number of aliphatic hydroxyl groups excluding tert-OH is 2. The lowest BCUT2D eigenvalue weighted by molar-refractivity contribution is -0.118. The molecule has 0 amide bonds. The van der Waals surface area contributed by atoms with Crippen molar-refractivity contribution in [2.24, 2.45) is 11.8 Å². The molecule has 0 aromatic carbocycles. The van der Waals surface area contributed by atoms with E-state index in [0.29, 0.717) is 12.3 Å². The summed E-state index contributed by atoms with van der Waals surface area (Å²) in [5, 5.41) is 20.1. The number of aliphatic hydroxyl groups is 2. The minimum atomic E-state index is -0.395. The van der Waals surface area contributed by atoms with Gasteiger partial charge in [-0.05, 0) is 12.3 Å². The molecule has 1 saturated carbocycles. The van der Waals surface area contributed by atoms with Gasteiger partial charge in [-0.2, -0.15) is 0 Å². The van der Waals surface area contributed by atoms with Crippen molar-refractivity contribution < 1.29 is 19.7 Å². The number of unbranched alkanes of at least 4 members (excludes halogenated alkanes) is 2. The first-order valence-electron chi connectivity index (χ1n) is 7.88. The quantitative estimate of drug-likeness (QED) is 0.556. The average molecular weight is 284 g/mol. The Bertz CT molecular complexity index is 318. The van der Waals surface area contributed by atoms with Crippen molar-refractivity contribution in [3.63, 3.8) is 0 Å². The third kappa shape index (κ3) is 3.82. The Hall–Kier alpha value is -0.420. The molecule has 0 bridgehead atoms. The first-order valence-corrected chi connectivity index (χ1v) is 7.88. The summed E-state index contributed by atoms with van der Waals surface area (Å²) in [7, 11) is 1.66. The molecule has 0 aromatic heterocycles. The summed E-state index contributed by atoms with van der Waals surface area (Å²) >= 11 is 0. The van der Waals surface area contributed by atoms with E-state index in [9.17, 15) is 10.2 Å². The molecule has 1 aliphatic heterocycles. The molecule has 2 rings (SSSR count). The van der Waals surface area contributed by atoms with E-state index in [1.54, 1.807) is 7.11 Å². The van der Waals surface area contributed by atoms with Crippen LogP contribution < -0.4 is 0 Å². The van der Waals surface area contributed by atoms with Gasteiger partial charge in [-0.1, -0.05) is 38.3 Å². The summed E-state index contributed by atoms with van der Waals surface area (Å²) in [6.45, 7) is 2.16. The smallest absolute Gasteiger partial charge is 0.157 e. The van der Waals surface area contributed by atoms with Gasteiger partial charge in [0.15, 0.2) is 6.29 Å². The molecule has 1 unspecified atom stereocenters. The van der Waals surface area contributed by atoms with Gasteiger partial charge in [0.25, 0.3) is 0 Å². The van der Waals surface area contributed by atoms with Crippen LogP contribution in [0.5, 0.6) is 0 Å². The second kappa shape index (κ2) is 7.55. The van der Waals surface area contributed by atoms with E-state index in [1.165, 1.54) is 0 Å². The van der Waals surface area contributed by atoms with Gasteiger partial charge in [-0.3, -0.25) is 0 Å². The van der Waals surface area contributed by atoms with Gasteiger partial charge >= 0.3 is 0 Å². The summed E-state index contributed by atoms with van der Waals surface area (Å²) in [6.07, 6.45) is 8.74. The van der Waals surface area contributed by atoms with Gasteiger partial charge in [-0.25, -0.2) is 0 Å². The number of hydrogen-bond donors (Lipinski definition) is 2. The summed E-state index contributed by atoms with van der Waals surface area (Å²) in [6, 6.07) is 0. The van der Waals surface area contributed by atoms with Gasteiger partial charge in [-0.15, -0.1) is 0 Å². The molecule has 20 heavy (non-hydrogen) atoms. The fraction of sp³-hybridized carbons (Fsp3) is 0.875. The molecule has 0 radical (unpaired) electrons. The summed E-state index contributed by atoms with van der Waals surface area (Å²) < 4.78 is 11.0. The maximum Gasteiger partial charge on any atom is 0.157 e. The molecule has 6 atom stereocenters. The standard InChI is InChI=1S/C16H28O4/c1-3-4-5-6-11(17)7-8-12-13-9-16(19-2)20-15(13)10-14(12)18/h7-8,11-18H,3-6,9-10H2,1-2H3/b8-7+/t11-,12+,13+,14+,15-,16?/m0/s1. The Labute approximate surface area is 121 Å². The van der Waals surface area contributed by atoms with Crippen molar-refractivity contribution >= 4 is 0 Å². The maximum atomic E-state index is 10.1. The van der Waals surface area contributed by atoms with E-state index in [0.717, 1.165) is 32.1 Å². The molecule has 1 heterocycles. The van der Waals surface area contributed by atoms with Gasteiger partial charge in [0.1, 0.15) is 0 Å². The first-order chi connectivity index (χ1) is 9.65. The van der Waals surface area contributed by atoms with Gasteiger partial charge < -0.3 is 19.7 Å². The van der Waals surface area contributed by atoms with E-state index in [2.05, 4.69) is 6.92 Å². The second-order valence-electron chi connectivity index (χ2n) is 6.07. The third-order valence-electron chi connectivity index (χ3n) is 4.60. The number of rotatable bonds is 7. The van der Waals surface area contributed by atoms with Crippen LogP contribution in [0.4, 0.5) is 0 Å². The fourth-order valence-corrected chi connectivity index (χ4v) is 3.42. The first kappa shape index (κ1) is 16.0. The molecule has 2 N–H and O–H groups in total. The maximum absolute atomic E-state index is 10.1. The van der Waals surface area contributed by atoms with Crippen LogP contribution in [-0.2, 0) is 9.47 Å². The van der Waals surface area contributed by atoms with Crippen LogP contribution in [0.2, 0.25) is 0 Å². The molecule has 1 saturated heterocycles. The molecule has 1 aliphatic carbocycles. The van der Waals surface area contributed by atoms with Crippen LogP contribution in [0.1, 0.15) is 45.4 Å². The monoisotopic (exact) mass is 284 g/mol. The molecule has 4 nitrogen and oxygen atoms in total. The van der Waals surface area contributed by atoms with Crippen molar-refractivity contribution in [2.75, 3.05) is 7.11 Å². The average Bonchev–Trinajstić information content (AvgIpc) is 2.93. The largest absolute Gasteiger partial charge is 0.392 e. The lowest BCUT2D eigenvalue weighted by Crippen LogP contribution is -2.19.